The molecule has 3 aliphatic heterocycles. The zero-order valence-electron chi connectivity index (χ0n) is 18.5. The Balaban J connectivity index is 1.17. The van der Waals surface area contributed by atoms with Crippen LogP contribution in [0, 0.1) is 11.8 Å². The fourth-order valence-electron chi connectivity index (χ4n) is 5.98. The summed E-state index contributed by atoms with van der Waals surface area (Å²) >= 11 is 0. The number of hydrogen-bond acceptors (Lipinski definition) is 5. The van der Waals surface area contributed by atoms with Crippen LogP contribution in [-0.4, -0.2) is 108 Å². The summed E-state index contributed by atoms with van der Waals surface area (Å²) in [5.41, 5.74) is 0. The fourth-order valence-corrected chi connectivity index (χ4v) is 5.98. The van der Waals surface area contributed by atoms with Gasteiger partial charge in [0.15, 0.2) is 0 Å². The molecule has 2 amide bonds. The Morgan fingerprint density at radius 2 is 1.17 bits per heavy atom. The van der Waals surface area contributed by atoms with Gasteiger partial charge in [-0.2, -0.15) is 0 Å². The number of carbonyl (C=O) groups is 2. The third-order valence-electron chi connectivity index (χ3n) is 7.98. The van der Waals surface area contributed by atoms with Crippen molar-refractivity contribution in [2.24, 2.45) is 11.8 Å². The Morgan fingerprint density at radius 3 is 1.70 bits per heavy atom. The summed E-state index contributed by atoms with van der Waals surface area (Å²) in [6.45, 7) is 8.54. The van der Waals surface area contributed by atoms with E-state index in [9.17, 15) is 9.59 Å². The van der Waals surface area contributed by atoms with Gasteiger partial charge in [-0.05, 0) is 38.5 Å². The molecule has 1 N–H and O–H groups in total. The molecule has 3 heterocycles. The smallest absolute Gasteiger partial charge is 0.225 e. The molecule has 3 saturated heterocycles. The second-order valence-corrected chi connectivity index (χ2v) is 9.74. The van der Waals surface area contributed by atoms with Crippen molar-refractivity contribution < 1.29 is 14.7 Å². The third kappa shape index (κ3) is 5.17. The molecule has 0 bridgehead atoms. The van der Waals surface area contributed by atoms with Gasteiger partial charge in [-0.15, -0.1) is 0 Å². The molecule has 4 rings (SSSR count). The van der Waals surface area contributed by atoms with E-state index in [2.05, 4.69) is 14.7 Å². The highest BCUT2D eigenvalue weighted by molar-refractivity contribution is 5.81. The van der Waals surface area contributed by atoms with Crippen LogP contribution in [-0.2, 0) is 9.59 Å². The average Bonchev–Trinajstić information content (AvgIpc) is 3.34. The van der Waals surface area contributed by atoms with E-state index < -0.39 is 0 Å². The van der Waals surface area contributed by atoms with Crippen molar-refractivity contribution in [3.05, 3.63) is 0 Å². The number of amides is 2. The minimum absolute atomic E-state index is 0.108. The number of hydrogen-bond donors (Lipinski definition) is 1. The van der Waals surface area contributed by atoms with Gasteiger partial charge in [0.2, 0.25) is 11.8 Å². The molecule has 7 nitrogen and oxygen atoms in total. The van der Waals surface area contributed by atoms with Crippen LogP contribution in [0.4, 0.5) is 0 Å². The molecular formula is C23H40N4O3. The van der Waals surface area contributed by atoms with E-state index in [1.165, 1.54) is 12.8 Å². The molecule has 4 fully saturated rings. The third-order valence-corrected chi connectivity index (χ3v) is 7.98. The lowest BCUT2D eigenvalue weighted by atomic mass is 9.92. The number of aliphatic hydroxyl groups excluding tert-OH is 1. The second-order valence-electron chi connectivity index (χ2n) is 9.74. The number of nitrogens with zero attached hydrogens (tertiary/aromatic N) is 4. The van der Waals surface area contributed by atoms with Crippen molar-refractivity contribution in [3.8, 4) is 0 Å². The molecular weight excluding hydrogens is 380 g/mol. The molecule has 1 saturated carbocycles. The Labute approximate surface area is 181 Å². The van der Waals surface area contributed by atoms with Crippen molar-refractivity contribution in [3.63, 3.8) is 0 Å². The molecule has 4 aliphatic rings. The van der Waals surface area contributed by atoms with Gasteiger partial charge in [0, 0.05) is 76.8 Å². The number of β-amino-alcohol motifs (C(OH)–C–C–N with tert-alkyl or cyclic N) is 1. The van der Waals surface area contributed by atoms with Gasteiger partial charge in [0.25, 0.3) is 0 Å². The standard InChI is InChI=1S/C23H40N4O3/c28-18-17-24-13-15-25(16-14-24)21-7-11-27(12-8-21)23(30)20-5-9-26(10-6-20)22(29)19-3-1-2-4-19/h19-21,28H,1-18H2. The lowest BCUT2D eigenvalue weighted by Crippen LogP contribution is -2.54. The first-order valence-corrected chi connectivity index (χ1v) is 12.3. The fraction of sp³-hybridized carbons (Fsp3) is 0.913. The molecule has 0 aromatic heterocycles. The van der Waals surface area contributed by atoms with Crippen LogP contribution in [0.25, 0.3) is 0 Å². The van der Waals surface area contributed by atoms with Crippen LogP contribution < -0.4 is 0 Å². The Kier molecular flexibility index (Phi) is 7.65. The number of carbonyl (C=O) groups excluding carboxylic acids is 2. The molecule has 0 aromatic rings. The van der Waals surface area contributed by atoms with E-state index >= 15 is 0 Å². The van der Waals surface area contributed by atoms with Crippen LogP contribution >= 0.6 is 0 Å². The van der Waals surface area contributed by atoms with Gasteiger partial charge in [-0.3, -0.25) is 19.4 Å². The Morgan fingerprint density at radius 1 is 0.667 bits per heavy atom. The lowest BCUT2D eigenvalue weighted by Gasteiger charge is -2.43. The Bertz CT molecular complexity index is 571. The largest absolute Gasteiger partial charge is 0.395 e. The van der Waals surface area contributed by atoms with Crippen LogP contribution in [0.15, 0.2) is 0 Å². The first kappa shape index (κ1) is 22.0. The highest BCUT2D eigenvalue weighted by Gasteiger charge is 2.35. The van der Waals surface area contributed by atoms with Crippen LogP contribution in [0.2, 0.25) is 0 Å². The maximum absolute atomic E-state index is 13.1. The number of aliphatic hydroxyl groups is 1. The van der Waals surface area contributed by atoms with Crippen molar-refractivity contribution in [2.45, 2.75) is 57.4 Å². The van der Waals surface area contributed by atoms with Gasteiger partial charge < -0.3 is 14.9 Å². The van der Waals surface area contributed by atoms with Gasteiger partial charge in [-0.1, -0.05) is 12.8 Å². The minimum atomic E-state index is 0.108. The molecule has 0 aromatic carbocycles. The molecule has 0 radical (unpaired) electrons. The van der Waals surface area contributed by atoms with E-state index in [-0.39, 0.29) is 18.4 Å². The van der Waals surface area contributed by atoms with Gasteiger partial charge in [0.1, 0.15) is 0 Å². The maximum Gasteiger partial charge on any atom is 0.225 e. The number of likely N-dealkylation sites (tertiary alicyclic amines) is 2. The maximum atomic E-state index is 13.1. The summed E-state index contributed by atoms with van der Waals surface area (Å²) in [6.07, 6.45) is 8.33. The minimum Gasteiger partial charge on any atom is -0.395 e. The summed E-state index contributed by atoms with van der Waals surface area (Å²) in [5, 5.41) is 9.10. The van der Waals surface area contributed by atoms with E-state index in [0.29, 0.717) is 17.9 Å². The molecule has 30 heavy (non-hydrogen) atoms. The summed E-state index contributed by atoms with van der Waals surface area (Å²) in [6, 6.07) is 0.594. The predicted molar refractivity (Wildman–Crippen MR) is 116 cm³/mol. The van der Waals surface area contributed by atoms with Gasteiger partial charge in [-0.25, -0.2) is 0 Å². The first-order valence-electron chi connectivity index (χ1n) is 12.3. The van der Waals surface area contributed by atoms with Gasteiger partial charge >= 0.3 is 0 Å². The van der Waals surface area contributed by atoms with Crippen molar-refractivity contribution in [1.82, 2.24) is 19.6 Å². The van der Waals surface area contributed by atoms with Crippen molar-refractivity contribution in [1.29, 1.82) is 0 Å². The average molecular weight is 421 g/mol. The number of rotatable bonds is 5. The number of piperazine rings is 1. The highest BCUT2D eigenvalue weighted by Crippen LogP contribution is 2.29. The molecule has 0 unspecified atom stereocenters. The van der Waals surface area contributed by atoms with E-state index in [1.54, 1.807) is 0 Å². The first-order chi connectivity index (χ1) is 14.7. The van der Waals surface area contributed by atoms with Crippen LogP contribution in [0.5, 0.6) is 0 Å². The zero-order valence-corrected chi connectivity index (χ0v) is 18.5. The molecule has 7 heteroatoms. The second kappa shape index (κ2) is 10.4. The van der Waals surface area contributed by atoms with E-state index in [1.807, 2.05) is 4.90 Å². The van der Waals surface area contributed by atoms with E-state index in [4.69, 9.17) is 5.11 Å². The van der Waals surface area contributed by atoms with Gasteiger partial charge in [0.05, 0.1) is 6.61 Å². The monoisotopic (exact) mass is 420 g/mol. The highest BCUT2D eigenvalue weighted by atomic mass is 16.3. The molecule has 170 valence electrons. The molecule has 0 atom stereocenters. The number of piperidine rings is 2. The van der Waals surface area contributed by atoms with E-state index in [0.717, 1.165) is 97.4 Å². The quantitative estimate of drug-likeness (QED) is 0.719. The topological polar surface area (TPSA) is 67.3 Å². The van der Waals surface area contributed by atoms with Crippen molar-refractivity contribution in [2.75, 3.05) is 65.5 Å². The lowest BCUT2D eigenvalue weighted by molar-refractivity contribution is -0.143. The van der Waals surface area contributed by atoms with Crippen LogP contribution in [0.1, 0.15) is 51.4 Å². The molecule has 0 spiro atoms. The molecule has 1 aliphatic carbocycles. The van der Waals surface area contributed by atoms with Crippen LogP contribution in [0.3, 0.4) is 0 Å². The predicted octanol–water partition coefficient (Wildman–Crippen LogP) is 1.02. The summed E-state index contributed by atoms with van der Waals surface area (Å²) in [5.74, 6) is 1.03. The summed E-state index contributed by atoms with van der Waals surface area (Å²) in [4.78, 5) is 34.7. The van der Waals surface area contributed by atoms with Crippen molar-refractivity contribution >= 4 is 11.8 Å². The Hall–Kier alpha value is -1.18. The summed E-state index contributed by atoms with van der Waals surface area (Å²) < 4.78 is 0. The normalized spacial score (nSPS) is 26.4. The SMILES string of the molecule is O=C(C1CCCC1)N1CCC(C(=O)N2CCC(N3CCN(CCO)CC3)CC2)CC1. The summed E-state index contributed by atoms with van der Waals surface area (Å²) in [7, 11) is 0. The zero-order chi connectivity index (χ0) is 20.9.